The molecule has 0 bridgehead atoms. The third-order valence-electron chi connectivity index (χ3n) is 3.28. The molecule has 3 heterocycles. The van der Waals surface area contributed by atoms with Crippen LogP contribution in [0.3, 0.4) is 0 Å². The predicted molar refractivity (Wildman–Crippen MR) is 83.5 cm³/mol. The molecule has 7 heteroatoms. The van der Waals surface area contributed by atoms with E-state index in [4.69, 9.17) is 9.47 Å². The lowest BCUT2D eigenvalue weighted by Gasteiger charge is -2.10. The topological polar surface area (TPSA) is 73.3 Å². The highest BCUT2D eigenvalue weighted by Crippen LogP contribution is 2.17. The Morgan fingerprint density at radius 3 is 3.09 bits per heavy atom. The zero-order valence-electron chi connectivity index (χ0n) is 12.2. The Balaban J connectivity index is 1.54. The smallest absolute Gasteiger partial charge is 0.259 e. The molecule has 0 radical (unpaired) electrons. The van der Waals surface area contributed by atoms with Crippen LogP contribution in [0.5, 0.6) is 5.88 Å². The molecule has 1 unspecified atom stereocenters. The van der Waals surface area contributed by atoms with Gasteiger partial charge in [-0.3, -0.25) is 10.1 Å². The first kappa shape index (κ1) is 14.9. The van der Waals surface area contributed by atoms with E-state index in [1.807, 2.05) is 12.3 Å². The van der Waals surface area contributed by atoms with Crippen molar-refractivity contribution in [2.24, 2.45) is 0 Å². The highest BCUT2D eigenvalue weighted by atomic mass is 32.1. The van der Waals surface area contributed by atoms with E-state index >= 15 is 0 Å². The van der Waals surface area contributed by atoms with Gasteiger partial charge in [0.1, 0.15) is 6.61 Å². The Morgan fingerprint density at radius 1 is 1.55 bits per heavy atom. The summed E-state index contributed by atoms with van der Waals surface area (Å²) >= 11 is 1.40. The van der Waals surface area contributed by atoms with Crippen LogP contribution >= 0.6 is 11.3 Å². The molecule has 1 fully saturated rings. The van der Waals surface area contributed by atoms with Crippen LogP contribution in [-0.2, 0) is 4.74 Å². The summed E-state index contributed by atoms with van der Waals surface area (Å²) in [6, 6.07) is 3.38. The summed E-state index contributed by atoms with van der Waals surface area (Å²) in [5.41, 5.74) is 1.36. The minimum Gasteiger partial charge on any atom is -0.475 e. The first-order valence-electron chi connectivity index (χ1n) is 7.14. The summed E-state index contributed by atoms with van der Waals surface area (Å²) in [5, 5.41) is 5.21. The van der Waals surface area contributed by atoms with Crippen molar-refractivity contribution in [1.29, 1.82) is 0 Å². The van der Waals surface area contributed by atoms with Crippen molar-refractivity contribution in [3.8, 4) is 5.88 Å². The van der Waals surface area contributed by atoms with Gasteiger partial charge in [-0.25, -0.2) is 9.97 Å². The molecule has 2 aromatic heterocycles. The number of carbonyl (C=O) groups is 1. The number of hydrogen-bond acceptors (Lipinski definition) is 6. The second-order valence-corrected chi connectivity index (χ2v) is 5.94. The second kappa shape index (κ2) is 6.85. The van der Waals surface area contributed by atoms with Crippen LogP contribution in [0, 0.1) is 6.92 Å². The molecule has 1 amide bonds. The summed E-state index contributed by atoms with van der Waals surface area (Å²) in [5.74, 6) is 0.268. The van der Waals surface area contributed by atoms with Crippen LogP contribution < -0.4 is 10.1 Å². The normalized spacial score (nSPS) is 17.4. The van der Waals surface area contributed by atoms with Gasteiger partial charge in [-0.2, -0.15) is 0 Å². The molecule has 1 N–H and O–H groups in total. The summed E-state index contributed by atoms with van der Waals surface area (Å²) in [7, 11) is 0. The van der Waals surface area contributed by atoms with Crippen molar-refractivity contribution in [3.05, 3.63) is 35.0 Å². The molecule has 0 saturated carbocycles. The Labute approximate surface area is 132 Å². The first-order valence-corrected chi connectivity index (χ1v) is 8.02. The zero-order valence-corrected chi connectivity index (χ0v) is 13.1. The molecule has 3 rings (SSSR count). The number of hydrogen-bond donors (Lipinski definition) is 1. The lowest BCUT2D eigenvalue weighted by Crippen LogP contribution is -2.17. The van der Waals surface area contributed by atoms with Gasteiger partial charge < -0.3 is 9.47 Å². The maximum Gasteiger partial charge on any atom is 0.259 e. The van der Waals surface area contributed by atoms with Gasteiger partial charge in [0, 0.05) is 24.3 Å². The Bertz CT molecular complexity index is 636. The average Bonchev–Trinajstić information content (AvgIpc) is 3.17. The summed E-state index contributed by atoms with van der Waals surface area (Å²) in [6.45, 7) is 3.18. The van der Waals surface area contributed by atoms with Crippen molar-refractivity contribution in [2.75, 3.05) is 18.5 Å². The van der Waals surface area contributed by atoms with Crippen LogP contribution in [0.2, 0.25) is 0 Å². The molecule has 0 spiro atoms. The SMILES string of the molecule is Cc1csc(NC(=O)c2ccc(OCC3CCCO3)nc2)n1. The summed E-state index contributed by atoms with van der Waals surface area (Å²) in [4.78, 5) is 20.4. The third kappa shape index (κ3) is 3.80. The van der Waals surface area contributed by atoms with Crippen molar-refractivity contribution < 1.29 is 14.3 Å². The molecular formula is C15H17N3O3S. The van der Waals surface area contributed by atoms with Gasteiger partial charge >= 0.3 is 0 Å². The molecule has 1 atom stereocenters. The highest BCUT2D eigenvalue weighted by molar-refractivity contribution is 7.13. The number of aryl methyl sites for hydroxylation is 1. The van der Waals surface area contributed by atoms with Crippen molar-refractivity contribution in [3.63, 3.8) is 0 Å². The lowest BCUT2D eigenvalue weighted by molar-refractivity contribution is 0.0663. The largest absolute Gasteiger partial charge is 0.475 e. The molecule has 2 aromatic rings. The molecule has 1 aliphatic heterocycles. The Morgan fingerprint density at radius 2 is 2.45 bits per heavy atom. The van der Waals surface area contributed by atoms with E-state index in [9.17, 15) is 4.79 Å². The van der Waals surface area contributed by atoms with Gasteiger partial charge in [-0.1, -0.05) is 0 Å². The van der Waals surface area contributed by atoms with Crippen molar-refractivity contribution >= 4 is 22.4 Å². The van der Waals surface area contributed by atoms with Crippen LogP contribution in [0.15, 0.2) is 23.7 Å². The average molecular weight is 319 g/mol. The number of carbonyl (C=O) groups excluding carboxylic acids is 1. The van der Waals surface area contributed by atoms with E-state index in [-0.39, 0.29) is 12.0 Å². The number of nitrogens with zero attached hydrogens (tertiary/aromatic N) is 2. The van der Waals surface area contributed by atoms with Crippen LogP contribution in [0.25, 0.3) is 0 Å². The van der Waals surface area contributed by atoms with E-state index in [1.54, 1.807) is 12.1 Å². The van der Waals surface area contributed by atoms with E-state index in [0.29, 0.717) is 23.2 Å². The lowest BCUT2D eigenvalue weighted by atomic mass is 10.2. The number of ether oxygens (including phenoxy) is 2. The van der Waals surface area contributed by atoms with Gasteiger partial charge in [0.25, 0.3) is 5.91 Å². The van der Waals surface area contributed by atoms with Gasteiger partial charge in [0.15, 0.2) is 5.13 Å². The van der Waals surface area contributed by atoms with E-state index in [2.05, 4.69) is 15.3 Å². The molecule has 1 aliphatic rings. The van der Waals surface area contributed by atoms with Crippen LogP contribution in [0.1, 0.15) is 28.9 Å². The molecule has 6 nitrogen and oxygen atoms in total. The second-order valence-electron chi connectivity index (χ2n) is 5.08. The summed E-state index contributed by atoms with van der Waals surface area (Å²) in [6.07, 6.45) is 3.75. The molecule has 0 aliphatic carbocycles. The van der Waals surface area contributed by atoms with Crippen molar-refractivity contribution in [1.82, 2.24) is 9.97 Å². The Hall–Kier alpha value is -1.99. The number of anilines is 1. The van der Waals surface area contributed by atoms with E-state index in [0.717, 1.165) is 25.1 Å². The summed E-state index contributed by atoms with van der Waals surface area (Å²) < 4.78 is 11.1. The number of aromatic nitrogens is 2. The number of pyridine rings is 1. The van der Waals surface area contributed by atoms with Crippen LogP contribution in [0.4, 0.5) is 5.13 Å². The van der Waals surface area contributed by atoms with E-state index in [1.165, 1.54) is 17.5 Å². The number of rotatable bonds is 5. The standard InChI is InChI=1S/C15H17N3O3S/c1-10-9-22-15(17-10)18-14(19)11-4-5-13(16-7-11)21-8-12-3-2-6-20-12/h4-5,7,9,12H,2-3,6,8H2,1H3,(H,17,18,19). The number of amides is 1. The quantitative estimate of drug-likeness (QED) is 0.917. The minimum atomic E-state index is -0.229. The predicted octanol–water partition coefficient (Wildman–Crippen LogP) is 2.66. The molecular weight excluding hydrogens is 302 g/mol. The minimum absolute atomic E-state index is 0.151. The fraction of sp³-hybridized carbons (Fsp3) is 0.400. The third-order valence-corrected chi connectivity index (χ3v) is 4.15. The molecule has 116 valence electrons. The van der Waals surface area contributed by atoms with Gasteiger partial charge in [0.2, 0.25) is 5.88 Å². The maximum absolute atomic E-state index is 12.1. The monoisotopic (exact) mass is 319 g/mol. The van der Waals surface area contributed by atoms with Gasteiger partial charge in [-0.15, -0.1) is 11.3 Å². The number of thiazole rings is 1. The van der Waals surface area contributed by atoms with Gasteiger partial charge in [0.05, 0.1) is 17.4 Å². The Kier molecular flexibility index (Phi) is 4.65. The molecule has 0 aromatic carbocycles. The fourth-order valence-corrected chi connectivity index (χ4v) is 2.82. The molecule has 22 heavy (non-hydrogen) atoms. The highest BCUT2D eigenvalue weighted by Gasteiger charge is 2.16. The van der Waals surface area contributed by atoms with Gasteiger partial charge in [-0.05, 0) is 25.8 Å². The zero-order chi connectivity index (χ0) is 15.4. The number of nitrogens with one attached hydrogen (secondary N) is 1. The van der Waals surface area contributed by atoms with Crippen LogP contribution in [-0.4, -0.2) is 35.2 Å². The van der Waals surface area contributed by atoms with Crippen molar-refractivity contribution in [2.45, 2.75) is 25.9 Å². The van der Waals surface area contributed by atoms with E-state index < -0.39 is 0 Å². The fourth-order valence-electron chi connectivity index (χ4n) is 2.13. The first-order chi connectivity index (χ1) is 10.7. The maximum atomic E-state index is 12.1. The molecule has 1 saturated heterocycles.